The van der Waals surface area contributed by atoms with Crippen LogP contribution in [0, 0.1) is 0 Å². The maximum Gasteiger partial charge on any atom is 0.231 e. The molecular weight excluding hydrogens is 460 g/mol. The van der Waals surface area contributed by atoms with Crippen LogP contribution in [0.15, 0.2) is 65.5 Å². The van der Waals surface area contributed by atoms with Gasteiger partial charge in [-0.25, -0.2) is 9.97 Å². The van der Waals surface area contributed by atoms with E-state index in [-0.39, 0.29) is 12.5 Å². The first-order valence-corrected chi connectivity index (χ1v) is 10.6. The fourth-order valence-electron chi connectivity index (χ4n) is 3.53. The Balaban J connectivity index is 1.55. The van der Waals surface area contributed by atoms with Gasteiger partial charge < -0.3 is 24.9 Å². The smallest absolute Gasteiger partial charge is 0.231 e. The van der Waals surface area contributed by atoms with Crippen molar-refractivity contribution >= 4 is 21.7 Å². The Bertz CT molecular complexity index is 1230. The van der Waals surface area contributed by atoms with E-state index in [1.165, 1.54) is 0 Å². The summed E-state index contributed by atoms with van der Waals surface area (Å²) in [5.74, 6) is 2.29. The predicted octanol–water partition coefficient (Wildman–Crippen LogP) is 4.99. The van der Waals surface area contributed by atoms with E-state index in [4.69, 9.17) is 14.5 Å². The Kier molecular flexibility index (Phi) is 5.21. The summed E-state index contributed by atoms with van der Waals surface area (Å²) >= 11 is 3.48. The first-order chi connectivity index (χ1) is 15.2. The number of anilines is 1. The quantitative estimate of drug-likeness (QED) is 0.361. The third-order valence-corrected chi connectivity index (χ3v) is 5.52. The first-order valence-electron chi connectivity index (χ1n) is 9.78. The van der Waals surface area contributed by atoms with E-state index < -0.39 is 0 Å². The molecule has 7 nitrogen and oxygen atoms in total. The molecule has 3 heterocycles. The zero-order chi connectivity index (χ0) is 21.2. The topological polar surface area (TPSA) is 92.3 Å². The molecule has 0 spiro atoms. The Morgan fingerprint density at radius 1 is 1.10 bits per heavy atom. The lowest BCUT2D eigenvalue weighted by Gasteiger charge is -2.13. The molecule has 0 bridgehead atoms. The molecule has 2 aromatic heterocycles. The van der Waals surface area contributed by atoms with E-state index in [2.05, 4.69) is 31.2 Å². The van der Waals surface area contributed by atoms with Crippen molar-refractivity contribution in [2.24, 2.45) is 0 Å². The summed E-state index contributed by atoms with van der Waals surface area (Å²) in [5, 5.41) is 13.8. The minimum absolute atomic E-state index is 0.161. The Morgan fingerprint density at radius 2 is 2.03 bits per heavy atom. The average molecular weight is 479 g/mol. The number of nitrogens with zero attached hydrogens (tertiary/aromatic N) is 2. The van der Waals surface area contributed by atoms with Crippen molar-refractivity contribution in [1.82, 2.24) is 15.0 Å². The lowest BCUT2D eigenvalue weighted by Crippen LogP contribution is -2.07. The number of aromatic nitrogens is 3. The molecule has 0 unspecified atom stereocenters. The maximum absolute atomic E-state index is 10.5. The van der Waals surface area contributed by atoms with Crippen LogP contribution in [0.4, 0.5) is 5.82 Å². The fourth-order valence-corrected chi connectivity index (χ4v) is 3.89. The second-order valence-electron chi connectivity index (χ2n) is 7.08. The number of phenols is 1. The third-order valence-electron chi connectivity index (χ3n) is 5.02. The molecule has 0 atom stereocenters. The number of pyridine rings is 1. The number of ether oxygens (including phenoxy) is 2. The second-order valence-corrected chi connectivity index (χ2v) is 8.00. The van der Waals surface area contributed by atoms with Crippen molar-refractivity contribution in [2.45, 2.75) is 6.42 Å². The Labute approximate surface area is 187 Å². The molecule has 0 amide bonds. The minimum Gasteiger partial charge on any atom is -0.507 e. The standard InChI is InChI=1S/C23H19BrN4O3/c24-15-4-5-20(29)18(10-15)19-8-14(17-2-1-3-21-23(17)31-13-30-21)9-22(28-19)26-7-6-16-11-25-12-27-16/h1-5,8-12,29H,6-7,13H2,(H,25,27)(H,26,28). The largest absolute Gasteiger partial charge is 0.507 e. The second kappa shape index (κ2) is 8.31. The molecule has 156 valence electrons. The first kappa shape index (κ1) is 19.4. The molecule has 0 aliphatic carbocycles. The summed E-state index contributed by atoms with van der Waals surface area (Å²) in [6.45, 7) is 0.876. The number of rotatable bonds is 6. The van der Waals surface area contributed by atoms with Gasteiger partial charge in [0.15, 0.2) is 11.5 Å². The number of aromatic amines is 1. The summed E-state index contributed by atoms with van der Waals surface area (Å²) in [6.07, 6.45) is 4.25. The van der Waals surface area contributed by atoms with Crippen LogP contribution >= 0.6 is 15.9 Å². The number of hydrogen-bond donors (Lipinski definition) is 3. The van der Waals surface area contributed by atoms with Crippen LogP contribution < -0.4 is 14.8 Å². The molecule has 0 saturated heterocycles. The number of hydrogen-bond acceptors (Lipinski definition) is 6. The van der Waals surface area contributed by atoms with Crippen LogP contribution in [-0.2, 0) is 6.42 Å². The van der Waals surface area contributed by atoms with Gasteiger partial charge >= 0.3 is 0 Å². The summed E-state index contributed by atoms with van der Waals surface area (Å²) in [7, 11) is 0. The molecule has 1 aliphatic heterocycles. The number of phenolic OH excluding ortho intramolecular Hbond substituents is 1. The molecule has 2 aromatic carbocycles. The molecule has 31 heavy (non-hydrogen) atoms. The molecule has 0 saturated carbocycles. The Morgan fingerprint density at radius 3 is 2.90 bits per heavy atom. The van der Waals surface area contributed by atoms with Crippen molar-refractivity contribution in [3.8, 4) is 39.6 Å². The van der Waals surface area contributed by atoms with Crippen molar-refractivity contribution in [1.29, 1.82) is 0 Å². The number of nitrogens with one attached hydrogen (secondary N) is 2. The van der Waals surface area contributed by atoms with E-state index in [0.29, 0.717) is 29.4 Å². The van der Waals surface area contributed by atoms with Gasteiger partial charge in [0.05, 0.1) is 12.0 Å². The highest BCUT2D eigenvalue weighted by molar-refractivity contribution is 9.10. The highest BCUT2D eigenvalue weighted by Crippen LogP contribution is 2.43. The van der Waals surface area contributed by atoms with E-state index in [1.807, 2.05) is 36.4 Å². The van der Waals surface area contributed by atoms with Crippen LogP contribution in [0.2, 0.25) is 0 Å². The van der Waals surface area contributed by atoms with Gasteiger partial charge in [0.2, 0.25) is 6.79 Å². The summed E-state index contributed by atoms with van der Waals surface area (Å²) < 4.78 is 12.1. The van der Waals surface area contributed by atoms with Gasteiger partial charge in [0.25, 0.3) is 0 Å². The lowest BCUT2D eigenvalue weighted by molar-refractivity contribution is 0.174. The van der Waals surface area contributed by atoms with Gasteiger partial charge in [-0.15, -0.1) is 0 Å². The van der Waals surface area contributed by atoms with Crippen molar-refractivity contribution in [2.75, 3.05) is 18.7 Å². The molecule has 0 fully saturated rings. The van der Waals surface area contributed by atoms with E-state index in [1.54, 1.807) is 24.7 Å². The zero-order valence-corrected chi connectivity index (χ0v) is 18.0. The number of fused-ring (bicyclic) bond motifs is 1. The van der Waals surface area contributed by atoms with E-state index in [9.17, 15) is 5.11 Å². The van der Waals surface area contributed by atoms with Crippen molar-refractivity contribution in [3.05, 3.63) is 71.2 Å². The van der Waals surface area contributed by atoms with Gasteiger partial charge in [-0.1, -0.05) is 28.1 Å². The SMILES string of the molecule is Oc1ccc(Br)cc1-c1cc(-c2cccc3c2OCO3)cc(NCCc2cnc[nH]2)n1. The number of benzene rings is 2. The maximum atomic E-state index is 10.5. The molecule has 0 radical (unpaired) electrons. The zero-order valence-electron chi connectivity index (χ0n) is 16.4. The van der Waals surface area contributed by atoms with Gasteiger partial charge in [0, 0.05) is 40.5 Å². The van der Waals surface area contributed by atoms with Gasteiger partial charge in [-0.3, -0.25) is 0 Å². The molecule has 3 N–H and O–H groups in total. The van der Waals surface area contributed by atoms with Crippen LogP contribution in [-0.4, -0.2) is 33.4 Å². The number of para-hydroxylation sites is 1. The van der Waals surface area contributed by atoms with Gasteiger partial charge in [0.1, 0.15) is 11.6 Å². The monoisotopic (exact) mass is 478 g/mol. The summed E-state index contributed by atoms with van der Waals surface area (Å²) in [6, 6.07) is 15.0. The number of halogens is 1. The fraction of sp³-hybridized carbons (Fsp3) is 0.130. The van der Waals surface area contributed by atoms with Crippen LogP contribution in [0.3, 0.4) is 0 Å². The van der Waals surface area contributed by atoms with Gasteiger partial charge in [-0.05, 0) is 42.0 Å². The molecule has 1 aliphatic rings. The summed E-state index contributed by atoms with van der Waals surface area (Å²) in [5.41, 5.74) is 4.15. The molecule has 8 heteroatoms. The summed E-state index contributed by atoms with van der Waals surface area (Å²) in [4.78, 5) is 11.9. The minimum atomic E-state index is 0.161. The lowest BCUT2D eigenvalue weighted by atomic mass is 10.0. The van der Waals surface area contributed by atoms with Crippen molar-refractivity contribution < 1.29 is 14.6 Å². The van der Waals surface area contributed by atoms with E-state index >= 15 is 0 Å². The van der Waals surface area contributed by atoms with Crippen LogP contribution in [0.5, 0.6) is 17.2 Å². The number of aromatic hydroxyl groups is 1. The molecule has 4 aromatic rings. The third kappa shape index (κ3) is 4.06. The van der Waals surface area contributed by atoms with Crippen LogP contribution in [0.25, 0.3) is 22.4 Å². The Hall–Kier alpha value is -3.52. The number of imidazole rings is 1. The van der Waals surface area contributed by atoms with Crippen LogP contribution in [0.1, 0.15) is 5.69 Å². The normalized spacial score (nSPS) is 12.2. The number of H-pyrrole nitrogens is 1. The average Bonchev–Trinajstić information content (AvgIpc) is 3.47. The van der Waals surface area contributed by atoms with Gasteiger partial charge in [-0.2, -0.15) is 0 Å². The van der Waals surface area contributed by atoms with E-state index in [0.717, 1.165) is 33.5 Å². The molecule has 5 rings (SSSR count). The predicted molar refractivity (Wildman–Crippen MR) is 121 cm³/mol. The highest BCUT2D eigenvalue weighted by Gasteiger charge is 2.20. The highest BCUT2D eigenvalue weighted by atomic mass is 79.9. The van der Waals surface area contributed by atoms with Crippen molar-refractivity contribution in [3.63, 3.8) is 0 Å². The molecular formula is C23H19BrN4O3.